The van der Waals surface area contributed by atoms with E-state index in [1.54, 1.807) is 23.9 Å². The minimum Gasteiger partial charge on any atom is -0.497 e. The van der Waals surface area contributed by atoms with Gasteiger partial charge in [-0.25, -0.2) is 4.68 Å². The molecule has 0 radical (unpaired) electrons. The normalized spacial score (nSPS) is 10.5. The Balaban J connectivity index is 1.86. The predicted octanol–water partition coefficient (Wildman–Crippen LogP) is 3.15. The van der Waals surface area contributed by atoms with Gasteiger partial charge in [0.2, 0.25) is 0 Å². The number of carbonyl (C=O) groups is 1. The smallest absolute Gasteiger partial charge is 0.278 e. The van der Waals surface area contributed by atoms with Gasteiger partial charge in [-0.2, -0.15) is 0 Å². The molecule has 1 heterocycles. The summed E-state index contributed by atoms with van der Waals surface area (Å²) in [6.45, 7) is 3.83. The minimum atomic E-state index is -0.306. The molecule has 0 aliphatic heterocycles. The topological polar surface area (TPSA) is 69.0 Å². The van der Waals surface area contributed by atoms with E-state index in [2.05, 4.69) is 15.6 Å². The van der Waals surface area contributed by atoms with E-state index in [0.29, 0.717) is 22.8 Å². The second-order valence-electron chi connectivity index (χ2n) is 5.46. The SMILES string of the molecule is COc1cccc(NC(=O)c2nnn(-c3cccc(C)c3)c2C)c1. The Morgan fingerprint density at radius 2 is 1.92 bits per heavy atom. The molecule has 0 unspecified atom stereocenters. The number of anilines is 1. The number of carbonyl (C=O) groups excluding carboxylic acids is 1. The number of hydrogen-bond donors (Lipinski definition) is 1. The van der Waals surface area contributed by atoms with E-state index in [9.17, 15) is 4.79 Å². The molecule has 0 bridgehead atoms. The molecule has 3 rings (SSSR count). The number of aromatic nitrogens is 3. The minimum absolute atomic E-state index is 0.291. The van der Waals surface area contributed by atoms with Crippen molar-refractivity contribution in [3.8, 4) is 11.4 Å². The van der Waals surface area contributed by atoms with E-state index in [4.69, 9.17) is 4.74 Å². The van der Waals surface area contributed by atoms with Crippen molar-refractivity contribution in [1.29, 1.82) is 0 Å². The van der Waals surface area contributed by atoms with Crippen LogP contribution < -0.4 is 10.1 Å². The molecular formula is C18H18N4O2. The van der Waals surface area contributed by atoms with E-state index in [1.165, 1.54) is 0 Å². The van der Waals surface area contributed by atoms with Gasteiger partial charge in [0, 0.05) is 11.8 Å². The lowest BCUT2D eigenvalue weighted by Crippen LogP contribution is -2.14. The fraction of sp³-hybridized carbons (Fsp3) is 0.167. The van der Waals surface area contributed by atoms with Gasteiger partial charge >= 0.3 is 0 Å². The number of nitrogens with zero attached hydrogens (tertiary/aromatic N) is 3. The number of ether oxygens (including phenoxy) is 1. The van der Waals surface area contributed by atoms with Crippen molar-refractivity contribution in [2.45, 2.75) is 13.8 Å². The van der Waals surface area contributed by atoms with Crippen LogP contribution in [0.4, 0.5) is 5.69 Å². The van der Waals surface area contributed by atoms with E-state index in [0.717, 1.165) is 11.3 Å². The van der Waals surface area contributed by atoms with Crippen molar-refractivity contribution in [2.75, 3.05) is 12.4 Å². The Hall–Kier alpha value is -3.15. The number of methoxy groups -OCH3 is 1. The number of aryl methyl sites for hydroxylation is 1. The number of rotatable bonds is 4. The van der Waals surface area contributed by atoms with Crippen LogP contribution in [-0.2, 0) is 0 Å². The highest BCUT2D eigenvalue weighted by Gasteiger charge is 2.17. The lowest BCUT2D eigenvalue weighted by atomic mass is 10.2. The molecule has 0 spiro atoms. The summed E-state index contributed by atoms with van der Waals surface area (Å²) < 4.78 is 6.82. The first-order chi connectivity index (χ1) is 11.6. The summed E-state index contributed by atoms with van der Waals surface area (Å²) >= 11 is 0. The van der Waals surface area contributed by atoms with Gasteiger partial charge in [-0.3, -0.25) is 4.79 Å². The van der Waals surface area contributed by atoms with Gasteiger partial charge in [0.25, 0.3) is 5.91 Å². The van der Waals surface area contributed by atoms with Crippen LogP contribution in [0.25, 0.3) is 5.69 Å². The van der Waals surface area contributed by atoms with Gasteiger partial charge in [0.1, 0.15) is 5.75 Å². The molecule has 1 amide bonds. The summed E-state index contributed by atoms with van der Waals surface area (Å²) in [5.74, 6) is 0.368. The average molecular weight is 322 g/mol. The van der Waals surface area contributed by atoms with Gasteiger partial charge in [-0.15, -0.1) is 5.10 Å². The third-order valence-corrected chi connectivity index (χ3v) is 3.68. The van der Waals surface area contributed by atoms with Crippen molar-refractivity contribution in [3.63, 3.8) is 0 Å². The van der Waals surface area contributed by atoms with Crippen LogP contribution in [0.5, 0.6) is 5.75 Å². The Morgan fingerprint density at radius 3 is 2.67 bits per heavy atom. The van der Waals surface area contributed by atoms with Gasteiger partial charge in [-0.1, -0.05) is 23.4 Å². The molecule has 24 heavy (non-hydrogen) atoms. The molecule has 1 aromatic heterocycles. The van der Waals surface area contributed by atoms with Gasteiger partial charge in [-0.05, 0) is 43.7 Å². The summed E-state index contributed by atoms with van der Waals surface area (Å²) in [6.07, 6.45) is 0. The quantitative estimate of drug-likeness (QED) is 0.801. The molecule has 0 saturated carbocycles. The van der Waals surface area contributed by atoms with Crippen molar-refractivity contribution in [3.05, 3.63) is 65.5 Å². The standard InChI is InChI=1S/C18H18N4O2/c1-12-6-4-8-15(10-12)22-13(2)17(20-21-22)18(23)19-14-7-5-9-16(11-14)24-3/h4-11H,1-3H3,(H,19,23). The predicted molar refractivity (Wildman–Crippen MR) is 91.8 cm³/mol. The highest BCUT2D eigenvalue weighted by Crippen LogP contribution is 2.19. The van der Waals surface area contributed by atoms with Gasteiger partial charge in [0.15, 0.2) is 5.69 Å². The Bertz CT molecular complexity index is 886. The van der Waals surface area contributed by atoms with E-state index in [-0.39, 0.29) is 5.91 Å². The first kappa shape index (κ1) is 15.7. The Morgan fingerprint density at radius 1 is 1.12 bits per heavy atom. The molecule has 2 aromatic carbocycles. The fourth-order valence-electron chi connectivity index (χ4n) is 2.44. The van der Waals surface area contributed by atoms with Crippen LogP contribution in [0.1, 0.15) is 21.7 Å². The zero-order valence-electron chi connectivity index (χ0n) is 13.8. The summed E-state index contributed by atoms with van der Waals surface area (Å²) in [4.78, 5) is 12.5. The molecule has 0 saturated heterocycles. The van der Waals surface area contributed by atoms with Crippen LogP contribution >= 0.6 is 0 Å². The maximum atomic E-state index is 12.5. The van der Waals surface area contributed by atoms with Crippen LogP contribution in [0.3, 0.4) is 0 Å². The van der Waals surface area contributed by atoms with Crippen molar-refractivity contribution >= 4 is 11.6 Å². The first-order valence-corrected chi connectivity index (χ1v) is 7.53. The highest BCUT2D eigenvalue weighted by atomic mass is 16.5. The molecule has 0 atom stereocenters. The number of hydrogen-bond acceptors (Lipinski definition) is 4. The van der Waals surface area contributed by atoms with Crippen LogP contribution in [0.2, 0.25) is 0 Å². The Kier molecular flexibility index (Phi) is 4.29. The van der Waals surface area contributed by atoms with E-state index >= 15 is 0 Å². The van der Waals surface area contributed by atoms with E-state index in [1.807, 2.05) is 50.2 Å². The zero-order valence-corrected chi connectivity index (χ0v) is 13.8. The molecule has 1 N–H and O–H groups in total. The highest BCUT2D eigenvalue weighted by molar-refractivity contribution is 6.03. The third-order valence-electron chi connectivity index (χ3n) is 3.68. The Labute approximate surface area is 140 Å². The molecule has 0 aliphatic carbocycles. The second-order valence-corrected chi connectivity index (χ2v) is 5.46. The molecule has 6 nitrogen and oxygen atoms in total. The number of benzene rings is 2. The third kappa shape index (κ3) is 3.12. The first-order valence-electron chi connectivity index (χ1n) is 7.53. The lowest BCUT2D eigenvalue weighted by molar-refractivity contribution is 0.102. The average Bonchev–Trinajstić information content (AvgIpc) is 2.96. The molecule has 122 valence electrons. The van der Waals surface area contributed by atoms with Crippen LogP contribution in [-0.4, -0.2) is 28.0 Å². The van der Waals surface area contributed by atoms with E-state index < -0.39 is 0 Å². The summed E-state index contributed by atoms with van der Waals surface area (Å²) in [5.41, 5.74) is 3.61. The van der Waals surface area contributed by atoms with Gasteiger partial charge in [0.05, 0.1) is 18.5 Å². The maximum Gasteiger partial charge on any atom is 0.278 e. The van der Waals surface area contributed by atoms with Crippen LogP contribution in [0, 0.1) is 13.8 Å². The van der Waals surface area contributed by atoms with Gasteiger partial charge < -0.3 is 10.1 Å². The lowest BCUT2D eigenvalue weighted by Gasteiger charge is -2.07. The monoisotopic (exact) mass is 322 g/mol. The summed E-state index contributed by atoms with van der Waals surface area (Å²) in [5, 5.41) is 10.9. The largest absolute Gasteiger partial charge is 0.497 e. The zero-order chi connectivity index (χ0) is 17.1. The number of amides is 1. The summed E-state index contributed by atoms with van der Waals surface area (Å²) in [7, 11) is 1.58. The summed E-state index contributed by atoms with van der Waals surface area (Å²) in [6, 6.07) is 15.0. The van der Waals surface area contributed by atoms with Crippen molar-refractivity contribution < 1.29 is 9.53 Å². The molecule has 3 aromatic rings. The van der Waals surface area contributed by atoms with Crippen molar-refractivity contribution in [1.82, 2.24) is 15.0 Å². The second kappa shape index (κ2) is 6.54. The fourth-order valence-corrected chi connectivity index (χ4v) is 2.44. The van der Waals surface area contributed by atoms with Crippen molar-refractivity contribution in [2.24, 2.45) is 0 Å². The number of nitrogens with one attached hydrogen (secondary N) is 1. The molecule has 6 heteroatoms. The molecular weight excluding hydrogens is 304 g/mol. The van der Waals surface area contributed by atoms with Crippen LogP contribution in [0.15, 0.2) is 48.5 Å². The maximum absolute atomic E-state index is 12.5. The molecule has 0 aliphatic rings. The molecule has 0 fully saturated rings.